The van der Waals surface area contributed by atoms with Gasteiger partial charge in [0.05, 0.1) is 6.54 Å². The summed E-state index contributed by atoms with van der Waals surface area (Å²) in [6.45, 7) is 2.52. The normalized spacial score (nSPS) is 15.6. The van der Waals surface area contributed by atoms with Gasteiger partial charge in [0.1, 0.15) is 0 Å². The van der Waals surface area contributed by atoms with Gasteiger partial charge in [-0.25, -0.2) is 4.99 Å². The number of benzene rings is 1. The van der Waals surface area contributed by atoms with Gasteiger partial charge in [-0.2, -0.15) is 0 Å². The molecule has 5 nitrogen and oxygen atoms in total. The highest BCUT2D eigenvalue weighted by Gasteiger charge is 2.11. The summed E-state index contributed by atoms with van der Waals surface area (Å²) < 4.78 is 0. The summed E-state index contributed by atoms with van der Waals surface area (Å²) in [6, 6.07) is 7.13. The zero-order valence-corrected chi connectivity index (χ0v) is 13.7. The van der Waals surface area contributed by atoms with Crippen molar-refractivity contribution in [2.24, 2.45) is 16.5 Å². The van der Waals surface area contributed by atoms with Gasteiger partial charge in [0.25, 0.3) is 0 Å². The Hall–Kier alpha value is -1.31. The number of piperidine rings is 1. The number of aliphatic imine (C=N–C) groups is 1. The maximum atomic E-state index is 11.0. The van der Waals surface area contributed by atoms with Crippen LogP contribution in [0.25, 0.3) is 0 Å². The summed E-state index contributed by atoms with van der Waals surface area (Å²) in [5, 5.41) is 0. The minimum absolute atomic E-state index is 0. The van der Waals surface area contributed by atoms with E-state index in [4.69, 9.17) is 11.5 Å². The Balaban J connectivity index is 0.00000200. The molecule has 0 spiro atoms. The standard InChI is InChI=1S/C14H20N4O.HI/c15-13(19)12-6-4-11(5-7-12)10-17-14(16)18-8-2-1-3-9-18;/h4-7H,1-3,8-10H2,(H2,15,19)(H2,16,17);1H. The first-order valence-electron chi connectivity index (χ1n) is 6.60. The molecule has 1 aromatic rings. The molecular formula is C14H21IN4O. The first-order chi connectivity index (χ1) is 9.16. The van der Waals surface area contributed by atoms with Crippen molar-refractivity contribution in [2.75, 3.05) is 13.1 Å². The molecule has 0 atom stereocenters. The predicted octanol–water partition coefficient (Wildman–Crippen LogP) is 1.70. The number of rotatable bonds is 3. The molecule has 1 amide bonds. The molecular weight excluding hydrogens is 367 g/mol. The maximum Gasteiger partial charge on any atom is 0.248 e. The fraction of sp³-hybridized carbons (Fsp3) is 0.429. The molecule has 1 aromatic carbocycles. The predicted molar refractivity (Wildman–Crippen MR) is 91.1 cm³/mol. The van der Waals surface area contributed by atoms with Crippen LogP contribution in [0.3, 0.4) is 0 Å². The van der Waals surface area contributed by atoms with Crippen LogP contribution in [0, 0.1) is 0 Å². The molecule has 0 saturated carbocycles. The van der Waals surface area contributed by atoms with E-state index >= 15 is 0 Å². The lowest BCUT2D eigenvalue weighted by Gasteiger charge is -2.27. The number of primary amides is 1. The second-order valence-electron chi connectivity index (χ2n) is 4.78. The van der Waals surface area contributed by atoms with Gasteiger partial charge in [0, 0.05) is 18.7 Å². The molecule has 1 aliphatic heterocycles. The largest absolute Gasteiger partial charge is 0.370 e. The summed E-state index contributed by atoms with van der Waals surface area (Å²) in [5.41, 5.74) is 12.7. The van der Waals surface area contributed by atoms with Crippen LogP contribution in [0.2, 0.25) is 0 Å². The summed E-state index contributed by atoms with van der Waals surface area (Å²) in [5.74, 6) is 0.196. The van der Waals surface area contributed by atoms with Gasteiger partial charge < -0.3 is 16.4 Å². The molecule has 1 saturated heterocycles. The second-order valence-corrected chi connectivity index (χ2v) is 4.78. The second kappa shape index (κ2) is 8.08. The highest BCUT2D eigenvalue weighted by atomic mass is 127. The Labute approximate surface area is 136 Å². The fourth-order valence-corrected chi connectivity index (χ4v) is 2.17. The highest BCUT2D eigenvalue weighted by molar-refractivity contribution is 14.0. The number of guanidine groups is 1. The van der Waals surface area contributed by atoms with E-state index < -0.39 is 5.91 Å². The average molecular weight is 388 g/mol. The van der Waals surface area contributed by atoms with Crippen molar-refractivity contribution in [3.63, 3.8) is 0 Å². The smallest absolute Gasteiger partial charge is 0.248 e. The Kier molecular flexibility index (Phi) is 6.77. The third-order valence-corrected chi connectivity index (χ3v) is 3.34. The summed E-state index contributed by atoms with van der Waals surface area (Å²) in [6.07, 6.45) is 3.64. The zero-order valence-electron chi connectivity index (χ0n) is 11.4. The van der Waals surface area contributed by atoms with Gasteiger partial charge in [0.15, 0.2) is 5.96 Å². The Morgan fingerprint density at radius 3 is 2.25 bits per heavy atom. The number of amides is 1. The fourth-order valence-electron chi connectivity index (χ4n) is 2.17. The summed E-state index contributed by atoms with van der Waals surface area (Å²) in [4.78, 5) is 17.5. The monoisotopic (exact) mass is 388 g/mol. The molecule has 0 radical (unpaired) electrons. The SMILES string of the molecule is I.NC(=O)c1ccc(CN=C(N)N2CCCCC2)cc1. The van der Waals surface area contributed by atoms with Crippen LogP contribution in [-0.4, -0.2) is 29.9 Å². The lowest BCUT2D eigenvalue weighted by molar-refractivity contribution is 0.100. The number of carbonyl (C=O) groups excluding carboxylic acids is 1. The van der Waals surface area contributed by atoms with E-state index in [9.17, 15) is 4.79 Å². The van der Waals surface area contributed by atoms with E-state index in [0.29, 0.717) is 18.1 Å². The van der Waals surface area contributed by atoms with Crippen LogP contribution in [0.1, 0.15) is 35.2 Å². The van der Waals surface area contributed by atoms with E-state index in [2.05, 4.69) is 9.89 Å². The first-order valence-corrected chi connectivity index (χ1v) is 6.60. The van der Waals surface area contributed by atoms with Crippen molar-refractivity contribution in [1.82, 2.24) is 4.90 Å². The topological polar surface area (TPSA) is 84.7 Å². The highest BCUT2D eigenvalue weighted by Crippen LogP contribution is 2.09. The lowest BCUT2D eigenvalue weighted by atomic mass is 10.1. The molecule has 1 fully saturated rings. The van der Waals surface area contributed by atoms with E-state index in [1.54, 1.807) is 12.1 Å². The summed E-state index contributed by atoms with van der Waals surface area (Å²) in [7, 11) is 0. The molecule has 2 rings (SSSR count). The Morgan fingerprint density at radius 2 is 1.70 bits per heavy atom. The Bertz CT molecular complexity index is 467. The number of hydrogen-bond acceptors (Lipinski definition) is 2. The van der Waals surface area contributed by atoms with Crippen molar-refractivity contribution in [3.8, 4) is 0 Å². The van der Waals surface area contributed by atoms with E-state index in [1.165, 1.54) is 19.3 Å². The van der Waals surface area contributed by atoms with Crippen molar-refractivity contribution < 1.29 is 4.79 Å². The molecule has 0 bridgehead atoms. The van der Waals surface area contributed by atoms with Crippen LogP contribution in [0.5, 0.6) is 0 Å². The summed E-state index contributed by atoms with van der Waals surface area (Å²) >= 11 is 0. The molecule has 0 aliphatic carbocycles. The Morgan fingerprint density at radius 1 is 1.10 bits per heavy atom. The van der Waals surface area contributed by atoms with E-state index in [-0.39, 0.29) is 24.0 Å². The number of carbonyl (C=O) groups is 1. The third-order valence-electron chi connectivity index (χ3n) is 3.34. The van der Waals surface area contributed by atoms with Gasteiger partial charge in [0.2, 0.25) is 5.91 Å². The lowest BCUT2D eigenvalue weighted by Crippen LogP contribution is -2.40. The quantitative estimate of drug-likeness (QED) is 0.470. The minimum atomic E-state index is -0.414. The van der Waals surface area contributed by atoms with Crippen LogP contribution in [0.15, 0.2) is 29.3 Å². The van der Waals surface area contributed by atoms with Crippen LogP contribution < -0.4 is 11.5 Å². The molecule has 110 valence electrons. The van der Waals surface area contributed by atoms with Gasteiger partial charge in [-0.15, -0.1) is 24.0 Å². The number of halogens is 1. The van der Waals surface area contributed by atoms with E-state index in [1.807, 2.05) is 12.1 Å². The number of hydrogen-bond donors (Lipinski definition) is 2. The molecule has 6 heteroatoms. The van der Waals surface area contributed by atoms with Crippen molar-refractivity contribution >= 4 is 35.8 Å². The minimum Gasteiger partial charge on any atom is -0.370 e. The van der Waals surface area contributed by atoms with Gasteiger partial charge in [-0.3, -0.25) is 4.79 Å². The molecule has 0 unspecified atom stereocenters. The van der Waals surface area contributed by atoms with Crippen molar-refractivity contribution in [1.29, 1.82) is 0 Å². The molecule has 20 heavy (non-hydrogen) atoms. The van der Waals surface area contributed by atoms with Crippen molar-refractivity contribution in [3.05, 3.63) is 35.4 Å². The number of likely N-dealkylation sites (tertiary alicyclic amines) is 1. The molecule has 0 aromatic heterocycles. The van der Waals surface area contributed by atoms with Crippen LogP contribution >= 0.6 is 24.0 Å². The molecule has 1 heterocycles. The number of nitrogens with two attached hydrogens (primary N) is 2. The molecule has 4 N–H and O–H groups in total. The maximum absolute atomic E-state index is 11.0. The van der Waals surface area contributed by atoms with Gasteiger partial charge in [-0.05, 0) is 37.0 Å². The van der Waals surface area contributed by atoms with Gasteiger partial charge >= 0.3 is 0 Å². The van der Waals surface area contributed by atoms with E-state index in [0.717, 1.165) is 18.7 Å². The molecule has 1 aliphatic rings. The van der Waals surface area contributed by atoms with Crippen LogP contribution in [0.4, 0.5) is 0 Å². The van der Waals surface area contributed by atoms with Gasteiger partial charge in [-0.1, -0.05) is 12.1 Å². The third kappa shape index (κ3) is 4.66. The van der Waals surface area contributed by atoms with Crippen molar-refractivity contribution in [2.45, 2.75) is 25.8 Å². The first kappa shape index (κ1) is 16.7. The number of nitrogens with zero attached hydrogens (tertiary/aromatic N) is 2. The average Bonchev–Trinajstić information content (AvgIpc) is 2.46. The van der Waals surface area contributed by atoms with Crippen LogP contribution in [-0.2, 0) is 6.54 Å². The zero-order chi connectivity index (χ0) is 13.7.